The maximum absolute atomic E-state index is 12.2. The highest BCUT2D eigenvalue weighted by molar-refractivity contribution is 7.99. The first-order chi connectivity index (χ1) is 9.77. The molecule has 1 saturated heterocycles. The minimum absolute atomic E-state index is 0.127. The van der Waals surface area contributed by atoms with E-state index in [0.717, 1.165) is 18.3 Å². The monoisotopic (exact) mass is 333 g/mol. The van der Waals surface area contributed by atoms with Crippen molar-refractivity contribution in [2.45, 2.75) is 16.9 Å². The molecule has 1 unspecified atom stereocenters. The van der Waals surface area contributed by atoms with E-state index in [1.807, 2.05) is 0 Å². The molecule has 1 aromatic heterocycles. The van der Waals surface area contributed by atoms with Gasteiger partial charge >= 0.3 is 11.8 Å². The van der Waals surface area contributed by atoms with Crippen LogP contribution in [0.15, 0.2) is 23.2 Å². The Balaban J connectivity index is 2.29. The maximum atomic E-state index is 12.2. The maximum Gasteiger partial charge on any atom is 0.363 e. The van der Waals surface area contributed by atoms with Gasteiger partial charge in [0.15, 0.2) is 6.20 Å². The first-order valence-corrected chi connectivity index (χ1v) is 8.36. The third-order valence-electron chi connectivity index (χ3n) is 2.98. The fourth-order valence-electron chi connectivity index (χ4n) is 1.81. The standard InChI is InChI=1S/C10H11N3O6S2/c14-9(15)10(3-4-20-6-10)12-21(18,19)7-1-2-8(11-5-7)13(16)17/h1-2,5,12H,3-4,6H2,(H,14,15). The normalized spacial score (nSPS) is 22.1. The number of hydrogen-bond donors (Lipinski definition) is 2. The number of thioether (sulfide) groups is 1. The number of rotatable bonds is 5. The Hall–Kier alpha value is -1.72. The van der Waals surface area contributed by atoms with E-state index in [9.17, 15) is 28.4 Å². The van der Waals surface area contributed by atoms with E-state index >= 15 is 0 Å². The summed E-state index contributed by atoms with van der Waals surface area (Å²) in [7, 11) is -4.12. The largest absolute Gasteiger partial charge is 0.480 e. The van der Waals surface area contributed by atoms with Gasteiger partial charge in [-0.3, -0.25) is 4.79 Å². The Kier molecular flexibility index (Phi) is 4.16. The molecule has 1 aromatic rings. The number of aromatic nitrogens is 1. The average molecular weight is 333 g/mol. The van der Waals surface area contributed by atoms with Crippen LogP contribution in [0.3, 0.4) is 0 Å². The van der Waals surface area contributed by atoms with Crippen molar-refractivity contribution in [1.82, 2.24) is 9.71 Å². The number of hydrogen-bond acceptors (Lipinski definition) is 7. The fraction of sp³-hybridized carbons (Fsp3) is 0.400. The van der Waals surface area contributed by atoms with Crippen LogP contribution in [0.4, 0.5) is 5.82 Å². The summed E-state index contributed by atoms with van der Waals surface area (Å²) >= 11 is 1.34. The molecule has 0 spiro atoms. The van der Waals surface area contributed by atoms with Gasteiger partial charge < -0.3 is 15.2 Å². The molecule has 0 saturated carbocycles. The number of aliphatic carboxylic acids is 1. The number of carboxylic acids is 1. The molecule has 1 aliphatic heterocycles. The van der Waals surface area contributed by atoms with Crippen molar-refractivity contribution in [3.8, 4) is 0 Å². The first-order valence-electron chi connectivity index (χ1n) is 5.72. The number of nitrogens with zero attached hydrogens (tertiary/aromatic N) is 2. The average Bonchev–Trinajstić information content (AvgIpc) is 2.88. The summed E-state index contributed by atoms with van der Waals surface area (Å²) in [6.07, 6.45) is 1.00. The van der Waals surface area contributed by atoms with Gasteiger partial charge in [-0.15, -0.1) is 0 Å². The summed E-state index contributed by atoms with van der Waals surface area (Å²) in [4.78, 5) is 24.2. The van der Waals surface area contributed by atoms with Crippen LogP contribution >= 0.6 is 11.8 Å². The molecule has 21 heavy (non-hydrogen) atoms. The third-order valence-corrected chi connectivity index (χ3v) is 5.69. The van der Waals surface area contributed by atoms with E-state index in [4.69, 9.17) is 0 Å². The van der Waals surface area contributed by atoms with Gasteiger partial charge in [-0.1, -0.05) is 0 Å². The van der Waals surface area contributed by atoms with Crippen molar-refractivity contribution in [3.05, 3.63) is 28.4 Å². The molecule has 1 fully saturated rings. The molecule has 0 bridgehead atoms. The lowest BCUT2D eigenvalue weighted by Crippen LogP contribution is -2.54. The molecule has 2 N–H and O–H groups in total. The summed E-state index contributed by atoms with van der Waals surface area (Å²) in [6, 6.07) is 1.97. The summed E-state index contributed by atoms with van der Waals surface area (Å²) in [5.41, 5.74) is -1.55. The molecular weight excluding hydrogens is 322 g/mol. The topological polar surface area (TPSA) is 140 Å². The second-order valence-electron chi connectivity index (χ2n) is 4.40. The zero-order valence-electron chi connectivity index (χ0n) is 10.6. The Morgan fingerprint density at radius 2 is 2.24 bits per heavy atom. The quantitative estimate of drug-likeness (QED) is 0.576. The molecular formula is C10H11N3O6S2. The van der Waals surface area contributed by atoms with Crippen LogP contribution in [0.25, 0.3) is 0 Å². The van der Waals surface area contributed by atoms with Crippen LogP contribution in [0.2, 0.25) is 0 Å². The molecule has 0 amide bonds. The van der Waals surface area contributed by atoms with Crippen molar-refractivity contribution >= 4 is 33.6 Å². The number of sulfonamides is 1. The molecule has 2 heterocycles. The van der Waals surface area contributed by atoms with Gasteiger partial charge in [0.05, 0.1) is 0 Å². The van der Waals surface area contributed by atoms with Crippen LogP contribution in [0.5, 0.6) is 0 Å². The van der Waals surface area contributed by atoms with E-state index in [1.165, 1.54) is 11.8 Å². The summed E-state index contributed by atoms with van der Waals surface area (Å²) in [5.74, 6) is -1.07. The summed E-state index contributed by atoms with van der Waals surface area (Å²) < 4.78 is 26.5. The fourth-order valence-corrected chi connectivity index (χ4v) is 4.56. The van der Waals surface area contributed by atoms with E-state index in [2.05, 4.69) is 9.71 Å². The zero-order chi connectivity index (χ0) is 15.7. The number of nitro groups is 1. The van der Waals surface area contributed by atoms with E-state index in [-0.39, 0.29) is 17.1 Å². The first kappa shape index (κ1) is 15.7. The predicted octanol–water partition coefficient (Wildman–Crippen LogP) is 0.228. The molecule has 114 valence electrons. The van der Waals surface area contributed by atoms with Crippen molar-refractivity contribution in [3.63, 3.8) is 0 Å². The van der Waals surface area contributed by atoms with Crippen molar-refractivity contribution < 1.29 is 23.2 Å². The molecule has 2 rings (SSSR count). The minimum atomic E-state index is -4.12. The summed E-state index contributed by atoms with van der Waals surface area (Å²) in [6.45, 7) is 0. The molecule has 1 aliphatic rings. The highest BCUT2D eigenvalue weighted by Gasteiger charge is 2.45. The minimum Gasteiger partial charge on any atom is -0.480 e. The Bertz CT molecular complexity index is 667. The molecule has 0 aliphatic carbocycles. The Morgan fingerprint density at radius 1 is 1.52 bits per heavy atom. The van der Waals surface area contributed by atoms with Crippen LogP contribution in [-0.2, 0) is 14.8 Å². The molecule has 0 aromatic carbocycles. The van der Waals surface area contributed by atoms with Gasteiger partial charge in [0.2, 0.25) is 10.0 Å². The summed E-state index contributed by atoms with van der Waals surface area (Å²) in [5, 5.41) is 19.7. The smallest absolute Gasteiger partial charge is 0.363 e. The zero-order valence-corrected chi connectivity index (χ0v) is 12.2. The molecule has 0 radical (unpaired) electrons. The second-order valence-corrected chi connectivity index (χ2v) is 7.19. The molecule has 11 heteroatoms. The lowest BCUT2D eigenvalue weighted by atomic mass is 10.0. The molecule has 1 atom stereocenters. The van der Waals surface area contributed by atoms with Crippen molar-refractivity contribution in [2.24, 2.45) is 0 Å². The van der Waals surface area contributed by atoms with Gasteiger partial charge in [-0.25, -0.2) is 8.42 Å². The highest BCUT2D eigenvalue weighted by atomic mass is 32.2. The van der Waals surface area contributed by atoms with E-state index in [1.54, 1.807) is 0 Å². The molecule has 9 nitrogen and oxygen atoms in total. The van der Waals surface area contributed by atoms with Gasteiger partial charge in [0, 0.05) is 11.8 Å². The predicted molar refractivity (Wildman–Crippen MR) is 73.5 cm³/mol. The van der Waals surface area contributed by atoms with Crippen LogP contribution in [0, 0.1) is 10.1 Å². The number of carbonyl (C=O) groups is 1. The Morgan fingerprint density at radius 3 is 2.67 bits per heavy atom. The Labute approximate surface area is 124 Å². The third kappa shape index (κ3) is 3.14. The van der Waals surface area contributed by atoms with Crippen LogP contribution in [-0.4, -0.2) is 46.4 Å². The van der Waals surface area contributed by atoms with Crippen molar-refractivity contribution in [1.29, 1.82) is 0 Å². The number of pyridine rings is 1. The van der Waals surface area contributed by atoms with Crippen LogP contribution in [0.1, 0.15) is 6.42 Å². The van der Waals surface area contributed by atoms with E-state index in [0.29, 0.717) is 5.75 Å². The second kappa shape index (κ2) is 5.58. The number of nitrogens with one attached hydrogen (secondary N) is 1. The number of carboxylic acid groups (broad SMARTS) is 1. The SMILES string of the molecule is O=C(O)C1(NS(=O)(=O)c2ccc([N+](=O)[O-])nc2)CCSC1. The van der Waals surface area contributed by atoms with Gasteiger partial charge in [-0.05, 0) is 28.1 Å². The van der Waals surface area contributed by atoms with Gasteiger partial charge in [-0.2, -0.15) is 16.5 Å². The lowest BCUT2D eigenvalue weighted by Gasteiger charge is -2.23. The van der Waals surface area contributed by atoms with Gasteiger partial charge in [0.1, 0.15) is 10.4 Å². The van der Waals surface area contributed by atoms with Crippen molar-refractivity contribution in [2.75, 3.05) is 11.5 Å². The van der Waals surface area contributed by atoms with E-state index < -0.39 is 32.3 Å². The lowest BCUT2D eigenvalue weighted by molar-refractivity contribution is -0.389. The van der Waals surface area contributed by atoms with Crippen LogP contribution < -0.4 is 4.72 Å². The van der Waals surface area contributed by atoms with Gasteiger partial charge in [0.25, 0.3) is 0 Å². The highest BCUT2D eigenvalue weighted by Crippen LogP contribution is 2.30.